The summed E-state index contributed by atoms with van der Waals surface area (Å²) in [6.07, 6.45) is 21.0. The summed E-state index contributed by atoms with van der Waals surface area (Å²) in [5.41, 5.74) is 4.90. The van der Waals surface area contributed by atoms with Gasteiger partial charge in [0.2, 0.25) is 0 Å². The molecule has 1 amide bonds. The zero-order valence-corrected chi connectivity index (χ0v) is 16.3. The standard InChI is InChI=1S/C19H39NO2.C2H4/c1-2-3-4-5-6-7-8-9-10-11-12-13-14-15-16-17-18-22-19(20)21;1-2/h2-18H2,1H3,(H2,20,21);1-2H2. The molecule has 0 aliphatic carbocycles. The van der Waals surface area contributed by atoms with E-state index in [1.54, 1.807) is 0 Å². The molecule has 3 heteroatoms. The number of nitrogens with two attached hydrogens (primary N) is 1. The van der Waals surface area contributed by atoms with Gasteiger partial charge in [-0.3, -0.25) is 0 Å². The number of carbonyl (C=O) groups excluding carboxylic acids is 1. The molecular formula is C21H43NO2. The molecule has 0 radical (unpaired) electrons. The highest BCUT2D eigenvalue weighted by atomic mass is 16.5. The largest absolute Gasteiger partial charge is 0.450 e. The highest BCUT2D eigenvalue weighted by Gasteiger charge is 1.96. The van der Waals surface area contributed by atoms with Crippen LogP contribution in [-0.4, -0.2) is 12.7 Å². The first-order valence-electron chi connectivity index (χ1n) is 10.2. The Morgan fingerprint density at radius 1 is 0.667 bits per heavy atom. The molecule has 0 aromatic rings. The van der Waals surface area contributed by atoms with E-state index in [1.807, 2.05) is 0 Å². The molecule has 0 bridgehead atoms. The van der Waals surface area contributed by atoms with Gasteiger partial charge in [-0.1, -0.05) is 103 Å². The third-order valence-electron chi connectivity index (χ3n) is 4.24. The third-order valence-corrected chi connectivity index (χ3v) is 4.24. The molecule has 0 atom stereocenters. The summed E-state index contributed by atoms with van der Waals surface area (Å²) in [4.78, 5) is 10.4. The Morgan fingerprint density at radius 3 is 1.25 bits per heavy atom. The smallest absolute Gasteiger partial charge is 0.404 e. The van der Waals surface area contributed by atoms with Crippen LogP contribution in [0.25, 0.3) is 0 Å². The summed E-state index contributed by atoms with van der Waals surface area (Å²) in [6, 6.07) is 0. The van der Waals surface area contributed by atoms with Crippen molar-refractivity contribution in [1.82, 2.24) is 0 Å². The van der Waals surface area contributed by atoms with Gasteiger partial charge in [0.15, 0.2) is 0 Å². The van der Waals surface area contributed by atoms with Crippen LogP contribution >= 0.6 is 0 Å². The van der Waals surface area contributed by atoms with E-state index in [0.29, 0.717) is 6.61 Å². The molecule has 0 spiro atoms. The van der Waals surface area contributed by atoms with Crippen molar-refractivity contribution >= 4 is 6.09 Å². The van der Waals surface area contributed by atoms with Gasteiger partial charge >= 0.3 is 6.09 Å². The van der Waals surface area contributed by atoms with Crippen molar-refractivity contribution in [3.8, 4) is 0 Å². The van der Waals surface area contributed by atoms with Gasteiger partial charge in [0, 0.05) is 0 Å². The highest BCUT2D eigenvalue weighted by Crippen LogP contribution is 2.13. The normalized spacial score (nSPS) is 10.0. The zero-order valence-electron chi connectivity index (χ0n) is 16.3. The van der Waals surface area contributed by atoms with Crippen molar-refractivity contribution in [1.29, 1.82) is 0 Å². The van der Waals surface area contributed by atoms with Crippen LogP contribution in [0.3, 0.4) is 0 Å². The number of unbranched alkanes of at least 4 members (excludes halogenated alkanes) is 15. The molecule has 0 rings (SSSR count). The Morgan fingerprint density at radius 2 is 0.958 bits per heavy atom. The van der Waals surface area contributed by atoms with Crippen LogP contribution in [0.4, 0.5) is 4.79 Å². The highest BCUT2D eigenvalue weighted by molar-refractivity contribution is 5.64. The second kappa shape index (κ2) is 24.3. The van der Waals surface area contributed by atoms with Gasteiger partial charge in [0.25, 0.3) is 0 Å². The Bertz CT molecular complexity index is 244. The van der Waals surface area contributed by atoms with Crippen molar-refractivity contribution in [2.75, 3.05) is 6.61 Å². The van der Waals surface area contributed by atoms with Crippen molar-refractivity contribution < 1.29 is 9.53 Å². The molecule has 0 heterocycles. The fourth-order valence-corrected chi connectivity index (χ4v) is 2.82. The van der Waals surface area contributed by atoms with E-state index in [2.05, 4.69) is 20.1 Å². The molecule has 0 aliphatic heterocycles. The van der Waals surface area contributed by atoms with Crippen LogP contribution in [-0.2, 0) is 4.74 Å². The molecule has 24 heavy (non-hydrogen) atoms. The molecule has 144 valence electrons. The van der Waals surface area contributed by atoms with Gasteiger partial charge in [-0.25, -0.2) is 4.79 Å². The van der Waals surface area contributed by atoms with Gasteiger partial charge < -0.3 is 10.5 Å². The monoisotopic (exact) mass is 341 g/mol. The van der Waals surface area contributed by atoms with E-state index in [4.69, 9.17) is 10.5 Å². The lowest BCUT2D eigenvalue weighted by Gasteiger charge is -2.04. The van der Waals surface area contributed by atoms with Gasteiger partial charge in [-0.15, -0.1) is 13.2 Å². The second-order valence-electron chi connectivity index (χ2n) is 6.47. The fraction of sp³-hybridized carbons (Fsp3) is 0.857. The SMILES string of the molecule is C=C.CCCCCCCCCCCCCCCCCCOC(N)=O. The lowest BCUT2D eigenvalue weighted by atomic mass is 10.0. The van der Waals surface area contributed by atoms with Crippen molar-refractivity contribution in [3.05, 3.63) is 13.2 Å². The van der Waals surface area contributed by atoms with E-state index in [0.717, 1.165) is 12.8 Å². The minimum Gasteiger partial charge on any atom is -0.450 e. The van der Waals surface area contributed by atoms with Crippen molar-refractivity contribution in [2.45, 2.75) is 110 Å². The average molecular weight is 342 g/mol. The molecule has 0 saturated heterocycles. The lowest BCUT2D eigenvalue weighted by Crippen LogP contribution is -2.13. The van der Waals surface area contributed by atoms with Crippen LogP contribution in [0.1, 0.15) is 110 Å². The number of rotatable bonds is 17. The molecule has 0 fully saturated rings. The maximum absolute atomic E-state index is 10.4. The summed E-state index contributed by atoms with van der Waals surface area (Å²) in [7, 11) is 0. The van der Waals surface area contributed by atoms with Crippen molar-refractivity contribution in [3.63, 3.8) is 0 Å². The molecule has 3 nitrogen and oxygen atoms in total. The molecule has 0 aromatic carbocycles. The molecule has 0 unspecified atom stereocenters. The van der Waals surface area contributed by atoms with Crippen molar-refractivity contribution in [2.24, 2.45) is 5.73 Å². The predicted molar refractivity (Wildman–Crippen MR) is 106 cm³/mol. The van der Waals surface area contributed by atoms with Crippen LogP contribution in [0.5, 0.6) is 0 Å². The first-order chi connectivity index (χ1) is 11.8. The number of carbonyl (C=O) groups is 1. The van der Waals surface area contributed by atoms with Gasteiger partial charge in [-0.05, 0) is 6.42 Å². The third kappa shape index (κ3) is 25.9. The number of amides is 1. The van der Waals surface area contributed by atoms with Crippen LogP contribution in [0.2, 0.25) is 0 Å². The minimum atomic E-state index is -0.652. The predicted octanol–water partition coefficient (Wildman–Crippen LogP) is 7.15. The fourth-order valence-electron chi connectivity index (χ4n) is 2.82. The lowest BCUT2D eigenvalue weighted by molar-refractivity contribution is 0.154. The topological polar surface area (TPSA) is 52.3 Å². The molecular weight excluding hydrogens is 298 g/mol. The molecule has 0 saturated carbocycles. The van der Waals surface area contributed by atoms with Gasteiger partial charge in [0.05, 0.1) is 6.61 Å². The van der Waals surface area contributed by atoms with E-state index in [9.17, 15) is 4.79 Å². The van der Waals surface area contributed by atoms with E-state index in [1.165, 1.54) is 89.9 Å². The van der Waals surface area contributed by atoms with Crippen LogP contribution in [0.15, 0.2) is 13.2 Å². The molecule has 0 aliphatic rings. The quantitative estimate of drug-likeness (QED) is 0.226. The number of primary amides is 1. The van der Waals surface area contributed by atoms with Crippen LogP contribution < -0.4 is 5.73 Å². The first kappa shape index (κ1) is 25.3. The second-order valence-corrected chi connectivity index (χ2v) is 6.47. The van der Waals surface area contributed by atoms with E-state index in [-0.39, 0.29) is 0 Å². The Kier molecular flexibility index (Phi) is 25.5. The average Bonchev–Trinajstić information content (AvgIpc) is 2.59. The summed E-state index contributed by atoms with van der Waals surface area (Å²) in [5.74, 6) is 0. The summed E-state index contributed by atoms with van der Waals surface area (Å²) in [5, 5.41) is 0. The number of ether oxygens (including phenoxy) is 1. The summed E-state index contributed by atoms with van der Waals surface area (Å²) in [6.45, 7) is 8.76. The Hall–Kier alpha value is -0.990. The summed E-state index contributed by atoms with van der Waals surface area (Å²) < 4.78 is 4.70. The van der Waals surface area contributed by atoms with Crippen LogP contribution in [0, 0.1) is 0 Å². The minimum absolute atomic E-state index is 0.480. The van der Waals surface area contributed by atoms with E-state index < -0.39 is 6.09 Å². The van der Waals surface area contributed by atoms with Gasteiger partial charge in [-0.2, -0.15) is 0 Å². The molecule has 2 N–H and O–H groups in total. The number of hydrogen-bond donors (Lipinski definition) is 1. The zero-order chi connectivity index (χ0) is 18.3. The Balaban J connectivity index is 0. The maximum atomic E-state index is 10.4. The summed E-state index contributed by atoms with van der Waals surface area (Å²) >= 11 is 0. The maximum Gasteiger partial charge on any atom is 0.404 e. The number of hydrogen-bond acceptors (Lipinski definition) is 2. The van der Waals surface area contributed by atoms with E-state index >= 15 is 0 Å². The van der Waals surface area contributed by atoms with Gasteiger partial charge in [0.1, 0.15) is 0 Å². The first-order valence-corrected chi connectivity index (χ1v) is 10.2. The Labute approximate surface area is 151 Å². The molecule has 0 aromatic heterocycles.